The molecular weight excluding hydrogens is 310 g/mol. The molecule has 0 saturated carbocycles. The fourth-order valence-electron chi connectivity index (χ4n) is 4.13. The molecule has 0 heterocycles. The first-order valence-corrected chi connectivity index (χ1v) is 10.2. The molecule has 3 N–H and O–H groups in total. The maximum atomic E-state index is 8.97. The highest BCUT2D eigenvalue weighted by Crippen LogP contribution is 2.32. The summed E-state index contributed by atoms with van der Waals surface area (Å²) in [5.74, 6) is 1.30. The van der Waals surface area contributed by atoms with Crippen molar-refractivity contribution in [2.75, 3.05) is 26.9 Å². The van der Waals surface area contributed by atoms with Crippen molar-refractivity contribution in [1.29, 1.82) is 0 Å². The van der Waals surface area contributed by atoms with Gasteiger partial charge in [-0.1, -0.05) is 43.9 Å². The van der Waals surface area contributed by atoms with Crippen LogP contribution < -0.4 is 5.73 Å². The Balaban J connectivity index is 1.85. The number of rotatable bonds is 12. The third-order valence-corrected chi connectivity index (χ3v) is 5.74. The van der Waals surface area contributed by atoms with Crippen LogP contribution in [0.4, 0.5) is 0 Å². The molecular formula is C22H37NO2. The fraction of sp³-hybridized carbons (Fsp3) is 0.727. The first-order chi connectivity index (χ1) is 12.3. The van der Waals surface area contributed by atoms with Gasteiger partial charge in [-0.2, -0.15) is 0 Å². The molecule has 3 heteroatoms. The van der Waals surface area contributed by atoms with E-state index in [9.17, 15) is 0 Å². The fourth-order valence-corrected chi connectivity index (χ4v) is 4.13. The van der Waals surface area contributed by atoms with Gasteiger partial charge >= 0.3 is 0 Å². The predicted octanol–water partition coefficient (Wildman–Crippen LogP) is 4.20. The smallest absolute Gasteiger partial charge is 0.0462 e. The topological polar surface area (TPSA) is 55.5 Å². The third kappa shape index (κ3) is 6.73. The number of hydrogen-bond donors (Lipinski definition) is 2. The molecule has 0 spiro atoms. The molecule has 0 amide bonds. The number of aryl methyl sites for hydroxylation is 1. The van der Waals surface area contributed by atoms with Gasteiger partial charge in [0, 0.05) is 20.3 Å². The van der Waals surface area contributed by atoms with Crippen molar-refractivity contribution < 1.29 is 9.84 Å². The summed E-state index contributed by atoms with van der Waals surface area (Å²) in [6, 6.07) is 7.08. The molecule has 25 heavy (non-hydrogen) atoms. The van der Waals surface area contributed by atoms with E-state index in [0.717, 1.165) is 31.8 Å². The van der Waals surface area contributed by atoms with E-state index in [1.54, 1.807) is 18.2 Å². The lowest BCUT2D eigenvalue weighted by Crippen LogP contribution is -2.17. The molecule has 0 fully saturated rings. The van der Waals surface area contributed by atoms with E-state index >= 15 is 0 Å². The van der Waals surface area contributed by atoms with E-state index in [1.807, 2.05) is 0 Å². The molecule has 1 aromatic rings. The zero-order chi connectivity index (χ0) is 17.9. The van der Waals surface area contributed by atoms with Crippen LogP contribution in [-0.4, -0.2) is 32.0 Å². The lowest BCUT2D eigenvalue weighted by atomic mass is 9.79. The maximum Gasteiger partial charge on any atom is 0.0462 e. The Bertz CT molecular complexity index is 489. The van der Waals surface area contributed by atoms with Crippen molar-refractivity contribution in [3.05, 3.63) is 34.9 Å². The second kappa shape index (κ2) is 11.7. The van der Waals surface area contributed by atoms with Crippen LogP contribution in [0.5, 0.6) is 0 Å². The van der Waals surface area contributed by atoms with Gasteiger partial charge in [0.15, 0.2) is 0 Å². The van der Waals surface area contributed by atoms with E-state index < -0.39 is 0 Å². The molecule has 1 aliphatic rings. The molecule has 0 bridgehead atoms. The second-order valence-electron chi connectivity index (χ2n) is 7.63. The normalized spacial score (nSPS) is 18.1. The molecule has 0 aliphatic heterocycles. The van der Waals surface area contributed by atoms with Crippen LogP contribution >= 0.6 is 0 Å². The lowest BCUT2D eigenvalue weighted by Gasteiger charge is -2.26. The first-order valence-electron chi connectivity index (χ1n) is 10.2. The maximum absolute atomic E-state index is 8.97. The highest BCUT2D eigenvalue weighted by atomic mass is 16.5. The van der Waals surface area contributed by atoms with Gasteiger partial charge in [0.05, 0.1) is 0 Å². The van der Waals surface area contributed by atoms with Crippen LogP contribution in [-0.2, 0) is 17.6 Å². The highest BCUT2D eigenvalue weighted by Gasteiger charge is 2.20. The van der Waals surface area contributed by atoms with Gasteiger partial charge in [-0.15, -0.1) is 0 Å². The lowest BCUT2D eigenvalue weighted by molar-refractivity contribution is 0.191. The summed E-state index contributed by atoms with van der Waals surface area (Å²) in [5.41, 5.74) is 10.5. The second-order valence-corrected chi connectivity index (χ2v) is 7.63. The minimum absolute atomic E-state index is 0.286. The van der Waals surface area contributed by atoms with Gasteiger partial charge in [-0.25, -0.2) is 0 Å². The summed E-state index contributed by atoms with van der Waals surface area (Å²) in [4.78, 5) is 0. The van der Waals surface area contributed by atoms with Crippen LogP contribution in [0.3, 0.4) is 0 Å². The van der Waals surface area contributed by atoms with Crippen molar-refractivity contribution in [2.24, 2.45) is 11.7 Å². The van der Waals surface area contributed by atoms with Gasteiger partial charge in [-0.05, 0) is 73.6 Å². The van der Waals surface area contributed by atoms with E-state index in [-0.39, 0.29) is 6.61 Å². The number of aliphatic hydroxyl groups is 1. The molecule has 0 saturated heterocycles. The molecule has 142 valence electrons. The van der Waals surface area contributed by atoms with Crippen LogP contribution in [0.25, 0.3) is 0 Å². The first kappa shape index (κ1) is 20.4. The van der Waals surface area contributed by atoms with Gasteiger partial charge < -0.3 is 15.6 Å². The van der Waals surface area contributed by atoms with Gasteiger partial charge in [0.2, 0.25) is 0 Å². The average Bonchev–Trinajstić information content (AvgIpc) is 2.65. The van der Waals surface area contributed by atoms with Crippen molar-refractivity contribution in [2.45, 2.75) is 70.1 Å². The molecule has 3 nitrogen and oxygen atoms in total. The molecule has 0 aromatic heterocycles. The molecule has 1 aromatic carbocycles. The molecule has 2 rings (SSSR count). The Hall–Kier alpha value is -0.900. The van der Waals surface area contributed by atoms with Crippen LogP contribution in [0.1, 0.15) is 74.0 Å². The zero-order valence-electron chi connectivity index (χ0n) is 16.0. The zero-order valence-corrected chi connectivity index (χ0v) is 16.0. The van der Waals surface area contributed by atoms with E-state index in [0.29, 0.717) is 12.5 Å². The third-order valence-electron chi connectivity index (χ3n) is 5.74. The monoisotopic (exact) mass is 347 g/mol. The highest BCUT2D eigenvalue weighted by molar-refractivity contribution is 5.36. The minimum Gasteiger partial charge on any atom is -0.396 e. The average molecular weight is 348 g/mol. The Kier molecular flexibility index (Phi) is 9.52. The van der Waals surface area contributed by atoms with Crippen LogP contribution in [0, 0.1) is 5.92 Å². The number of nitrogens with two attached hydrogens (primary N) is 1. The van der Waals surface area contributed by atoms with Crippen molar-refractivity contribution in [3.63, 3.8) is 0 Å². The number of unbranched alkanes of at least 4 members (excludes halogenated alkanes) is 3. The van der Waals surface area contributed by atoms with Gasteiger partial charge in [0.25, 0.3) is 0 Å². The Morgan fingerprint density at radius 3 is 2.80 bits per heavy atom. The number of fused-ring (bicyclic) bond motifs is 1. The summed E-state index contributed by atoms with van der Waals surface area (Å²) in [7, 11) is 1.79. The summed E-state index contributed by atoms with van der Waals surface area (Å²) in [6.45, 7) is 1.89. The molecule has 1 aliphatic carbocycles. The quantitative estimate of drug-likeness (QED) is 0.557. The summed E-state index contributed by atoms with van der Waals surface area (Å²) in [5, 5.41) is 8.97. The number of methoxy groups -OCH3 is 1. The van der Waals surface area contributed by atoms with Gasteiger partial charge in [-0.3, -0.25) is 0 Å². The molecule has 0 radical (unpaired) electrons. The Morgan fingerprint density at radius 2 is 2.04 bits per heavy atom. The van der Waals surface area contributed by atoms with Crippen molar-refractivity contribution in [3.8, 4) is 0 Å². The molecule has 1 unspecified atom stereocenters. The number of hydrogen-bond acceptors (Lipinski definition) is 3. The summed E-state index contributed by atoms with van der Waals surface area (Å²) >= 11 is 0. The van der Waals surface area contributed by atoms with E-state index in [2.05, 4.69) is 18.2 Å². The Morgan fingerprint density at radius 1 is 1.16 bits per heavy atom. The van der Waals surface area contributed by atoms with Crippen molar-refractivity contribution >= 4 is 0 Å². The van der Waals surface area contributed by atoms with Crippen LogP contribution in [0.2, 0.25) is 0 Å². The Labute approximate surface area is 154 Å². The molecule has 2 atom stereocenters. The SMILES string of the molecule is COCCCCCC1CCc2cc([C@@H](CN)CCCCO)ccc2C1. The van der Waals surface area contributed by atoms with E-state index in [4.69, 9.17) is 15.6 Å². The summed E-state index contributed by atoms with van der Waals surface area (Å²) < 4.78 is 5.13. The standard InChI is InChI=1S/C22H37NO2/c1-25-14-6-2-3-7-18-9-10-20-16-21(12-11-19(20)15-18)22(17-23)8-4-5-13-24/h11-12,16,18,22,24H,2-10,13-15,17,23H2,1H3/t18?,22-/m1/s1. The summed E-state index contributed by atoms with van der Waals surface area (Å²) in [6.07, 6.45) is 12.0. The number of benzene rings is 1. The van der Waals surface area contributed by atoms with Crippen molar-refractivity contribution in [1.82, 2.24) is 0 Å². The van der Waals surface area contributed by atoms with Gasteiger partial charge in [0.1, 0.15) is 0 Å². The predicted molar refractivity (Wildman–Crippen MR) is 105 cm³/mol. The minimum atomic E-state index is 0.286. The number of ether oxygens (including phenoxy) is 1. The van der Waals surface area contributed by atoms with E-state index in [1.165, 1.54) is 50.5 Å². The van der Waals surface area contributed by atoms with Crippen LogP contribution in [0.15, 0.2) is 18.2 Å². The number of aliphatic hydroxyl groups excluding tert-OH is 1. The largest absolute Gasteiger partial charge is 0.396 e.